The van der Waals surface area contributed by atoms with Crippen LogP contribution in [0, 0.1) is 12.8 Å². The zero-order valence-corrected chi connectivity index (χ0v) is 11.5. The molecule has 0 bridgehead atoms. The fourth-order valence-electron chi connectivity index (χ4n) is 1.22. The summed E-state index contributed by atoms with van der Waals surface area (Å²) in [5.74, 6) is 0.896. The third-order valence-electron chi connectivity index (χ3n) is 2.71. The minimum absolute atomic E-state index is 0.896. The van der Waals surface area contributed by atoms with Crippen LogP contribution < -0.4 is 0 Å². The molecule has 0 heterocycles. The van der Waals surface area contributed by atoms with Crippen molar-refractivity contribution < 1.29 is 0 Å². The van der Waals surface area contributed by atoms with Crippen molar-refractivity contribution in [2.24, 2.45) is 5.92 Å². The van der Waals surface area contributed by atoms with Gasteiger partial charge in [-0.2, -0.15) is 0 Å². The van der Waals surface area contributed by atoms with Crippen molar-refractivity contribution in [3.8, 4) is 0 Å². The molecule has 0 saturated carbocycles. The highest BCUT2D eigenvalue weighted by Crippen LogP contribution is 2.05. The van der Waals surface area contributed by atoms with Crippen LogP contribution in [0.25, 0.3) is 0 Å². The maximum Gasteiger partial charge on any atom is -0.00223 e. The van der Waals surface area contributed by atoms with Crippen molar-refractivity contribution in [3.63, 3.8) is 0 Å². The van der Waals surface area contributed by atoms with Gasteiger partial charge in [-0.25, -0.2) is 0 Å². The molecule has 0 aliphatic carbocycles. The predicted octanol–water partition coefficient (Wildman–Crippen LogP) is 3.98. The lowest BCUT2D eigenvalue weighted by molar-refractivity contribution is 0.356. The molecule has 0 N–H and O–H groups in total. The minimum atomic E-state index is 0.896. The van der Waals surface area contributed by atoms with Crippen molar-refractivity contribution in [1.29, 1.82) is 0 Å². The maximum atomic E-state index is 2.31. The molecule has 0 aliphatic rings. The highest BCUT2D eigenvalue weighted by molar-refractivity contribution is 5.11. The topological polar surface area (TPSA) is 3.24 Å². The summed E-state index contributed by atoms with van der Waals surface area (Å²) in [5, 5.41) is 0. The Kier molecular flexibility index (Phi) is 8.93. The van der Waals surface area contributed by atoms with Gasteiger partial charge in [0.05, 0.1) is 0 Å². The van der Waals surface area contributed by atoms with Gasteiger partial charge in [0.25, 0.3) is 0 Å². The number of aryl methyl sites for hydroxylation is 1. The lowest BCUT2D eigenvalue weighted by Gasteiger charge is -2.12. The minimum Gasteiger partial charge on any atom is -0.309 e. The van der Waals surface area contributed by atoms with E-state index >= 15 is 0 Å². The number of hydrogen-bond acceptors (Lipinski definition) is 1. The molecule has 0 saturated heterocycles. The van der Waals surface area contributed by atoms with E-state index in [-0.39, 0.29) is 0 Å². The van der Waals surface area contributed by atoms with Crippen LogP contribution in [-0.2, 0) is 0 Å². The summed E-state index contributed by atoms with van der Waals surface area (Å²) < 4.78 is 0. The summed E-state index contributed by atoms with van der Waals surface area (Å²) in [6.07, 6.45) is 2.65. The Balaban J connectivity index is 0.000000288. The van der Waals surface area contributed by atoms with Gasteiger partial charge in [0.1, 0.15) is 0 Å². The molecule has 1 aromatic rings. The van der Waals surface area contributed by atoms with Gasteiger partial charge in [-0.1, -0.05) is 56.2 Å². The van der Waals surface area contributed by atoms with E-state index in [0.717, 1.165) is 5.92 Å². The molecule has 0 amide bonds. The molecule has 0 spiro atoms. The van der Waals surface area contributed by atoms with Crippen molar-refractivity contribution in [1.82, 2.24) is 4.90 Å². The molecule has 0 unspecified atom stereocenters. The third kappa shape index (κ3) is 9.72. The monoisotopic (exact) mass is 221 g/mol. The third-order valence-corrected chi connectivity index (χ3v) is 2.71. The van der Waals surface area contributed by atoms with Gasteiger partial charge in [-0.05, 0) is 39.9 Å². The Bertz CT molecular complexity index is 241. The van der Waals surface area contributed by atoms with E-state index in [4.69, 9.17) is 0 Å². The molecular weight excluding hydrogens is 194 g/mol. The molecule has 1 heteroatoms. The Morgan fingerprint density at radius 3 is 2.00 bits per heavy atom. The van der Waals surface area contributed by atoms with Crippen LogP contribution >= 0.6 is 0 Å². The molecule has 1 atom stereocenters. The SMILES string of the molecule is CC[C@H](C)CCN(C)C.Cc1ccccc1. The van der Waals surface area contributed by atoms with Gasteiger partial charge in [-0.3, -0.25) is 0 Å². The first-order valence-electron chi connectivity index (χ1n) is 6.22. The Morgan fingerprint density at radius 1 is 1.12 bits per heavy atom. The first-order valence-corrected chi connectivity index (χ1v) is 6.22. The van der Waals surface area contributed by atoms with E-state index in [1.54, 1.807) is 0 Å². The second-order valence-electron chi connectivity index (χ2n) is 4.76. The summed E-state index contributed by atoms with van der Waals surface area (Å²) in [6, 6.07) is 10.3. The van der Waals surface area contributed by atoms with Crippen molar-refractivity contribution in [3.05, 3.63) is 35.9 Å². The van der Waals surface area contributed by atoms with E-state index in [2.05, 4.69) is 51.9 Å². The van der Waals surface area contributed by atoms with Gasteiger partial charge in [0.15, 0.2) is 0 Å². The predicted molar refractivity (Wildman–Crippen MR) is 73.8 cm³/mol. The second-order valence-corrected chi connectivity index (χ2v) is 4.76. The fraction of sp³-hybridized carbons (Fsp3) is 0.600. The molecular formula is C15H27N. The van der Waals surface area contributed by atoms with Gasteiger partial charge < -0.3 is 4.90 Å². The molecule has 92 valence electrons. The van der Waals surface area contributed by atoms with Crippen molar-refractivity contribution in [2.75, 3.05) is 20.6 Å². The molecule has 1 nitrogen and oxygen atoms in total. The van der Waals surface area contributed by atoms with Crippen LogP contribution in [-0.4, -0.2) is 25.5 Å². The average Bonchev–Trinajstić information content (AvgIpc) is 2.27. The van der Waals surface area contributed by atoms with E-state index < -0.39 is 0 Å². The van der Waals surface area contributed by atoms with E-state index in [0.29, 0.717) is 0 Å². The van der Waals surface area contributed by atoms with Gasteiger partial charge >= 0.3 is 0 Å². The van der Waals surface area contributed by atoms with Crippen molar-refractivity contribution in [2.45, 2.75) is 33.6 Å². The molecule has 0 aromatic heterocycles. The van der Waals surface area contributed by atoms with Gasteiger partial charge in [0, 0.05) is 0 Å². The fourth-order valence-corrected chi connectivity index (χ4v) is 1.22. The van der Waals surface area contributed by atoms with Gasteiger partial charge in [-0.15, -0.1) is 0 Å². The summed E-state index contributed by atoms with van der Waals surface area (Å²) in [6.45, 7) is 7.87. The summed E-state index contributed by atoms with van der Waals surface area (Å²) in [4.78, 5) is 2.24. The number of benzene rings is 1. The van der Waals surface area contributed by atoms with Gasteiger partial charge in [0.2, 0.25) is 0 Å². The summed E-state index contributed by atoms with van der Waals surface area (Å²) >= 11 is 0. The van der Waals surface area contributed by atoms with E-state index in [9.17, 15) is 0 Å². The van der Waals surface area contributed by atoms with Crippen molar-refractivity contribution >= 4 is 0 Å². The lowest BCUT2D eigenvalue weighted by Crippen LogP contribution is -2.15. The first-order chi connectivity index (χ1) is 7.56. The summed E-state index contributed by atoms with van der Waals surface area (Å²) in [7, 11) is 4.25. The normalized spacial score (nSPS) is 11.9. The highest BCUT2D eigenvalue weighted by Gasteiger charge is 1.97. The van der Waals surface area contributed by atoms with Crippen LogP contribution in [0.2, 0.25) is 0 Å². The number of rotatable bonds is 4. The van der Waals surface area contributed by atoms with Crippen LogP contribution in [0.4, 0.5) is 0 Å². The zero-order chi connectivity index (χ0) is 12.4. The standard InChI is InChI=1S/C8H19N.C7H8/c1-5-8(2)6-7-9(3)4;1-7-5-3-2-4-6-7/h8H,5-7H2,1-4H3;2-6H,1H3/t8-;/m0./s1. The molecule has 0 aliphatic heterocycles. The first kappa shape index (κ1) is 15.2. The Hall–Kier alpha value is -0.820. The molecule has 16 heavy (non-hydrogen) atoms. The van der Waals surface area contributed by atoms with E-state index in [1.165, 1.54) is 24.9 Å². The quantitative estimate of drug-likeness (QED) is 0.743. The van der Waals surface area contributed by atoms with Crippen LogP contribution in [0.1, 0.15) is 32.3 Å². The van der Waals surface area contributed by atoms with Crippen LogP contribution in [0.3, 0.4) is 0 Å². The molecule has 0 fully saturated rings. The zero-order valence-electron chi connectivity index (χ0n) is 11.5. The van der Waals surface area contributed by atoms with E-state index in [1.807, 2.05) is 18.2 Å². The Labute approximate surface area is 101 Å². The maximum absolute atomic E-state index is 2.31. The molecule has 0 radical (unpaired) electrons. The van der Waals surface area contributed by atoms with Crippen LogP contribution in [0.5, 0.6) is 0 Å². The average molecular weight is 221 g/mol. The Morgan fingerprint density at radius 2 is 1.69 bits per heavy atom. The number of hydrogen-bond donors (Lipinski definition) is 0. The lowest BCUT2D eigenvalue weighted by atomic mass is 10.1. The molecule has 1 rings (SSSR count). The largest absolute Gasteiger partial charge is 0.309 e. The highest BCUT2D eigenvalue weighted by atomic mass is 15.0. The molecule has 1 aromatic carbocycles. The summed E-state index contributed by atoms with van der Waals surface area (Å²) in [5.41, 5.74) is 1.32. The van der Waals surface area contributed by atoms with Crippen LogP contribution in [0.15, 0.2) is 30.3 Å². The number of nitrogens with zero attached hydrogens (tertiary/aromatic N) is 1. The smallest absolute Gasteiger partial charge is 0.00223 e. The second kappa shape index (κ2) is 9.41.